The van der Waals surface area contributed by atoms with E-state index >= 15 is 0 Å². The molecule has 9 heteroatoms. The van der Waals surface area contributed by atoms with Crippen molar-refractivity contribution in [3.63, 3.8) is 0 Å². The second kappa shape index (κ2) is 10.9. The lowest BCUT2D eigenvalue weighted by Crippen LogP contribution is -2.44. The summed E-state index contributed by atoms with van der Waals surface area (Å²) >= 11 is 12.3. The van der Waals surface area contributed by atoms with Crippen LogP contribution < -0.4 is 14.9 Å². The summed E-state index contributed by atoms with van der Waals surface area (Å²) in [4.78, 5) is 25.8. The third kappa shape index (κ3) is 6.03. The van der Waals surface area contributed by atoms with Gasteiger partial charge in [-0.3, -0.25) is 15.0 Å². The summed E-state index contributed by atoms with van der Waals surface area (Å²) in [6, 6.07) is 19.8. The molecule has 0 spiro atoms. The second-order valence-corrected chi connectivity index (χ2v) is 9.76. The number of hydrazine groups is 1. The Morgan fingerprint density at radius 3 is 2.49 bits per heavy atom. The number of ether oxygens (including phenoxy) is 2. The van der Waals surface area contributed by atoms with Gasteiger partial charge < -0.3 is 9.47 Å². The Morgan fingerprint density at radius 2 is 1.80 bits per heavy atom. The molecule has 0 aromatic heterocycles. The summed E-state index contributed by atoms with van der Waals surface area (Å²) in [5.41, 5.74) is 5.87. The minimum atomic E-state index is -0.462. The monoisotopic (exact) mass is 524 g/mol. The molecule has 1 heterocycles. The van der Waals surface area contributed by atoms with Gasteiger partial charge in [0.25, 0.3) is 11.8 Å². The molecule has 0 bridgehead atoms. The Hall–Kier alpha value is -3.33. The molecule has 3 aromatic carbocycles. The molecule has 6 nitrogen and oxygen atoms in total. The number of nitrogens with zero attached hydrogens (tertiary/aromatic N) is 1. The highest BCUT2D eigenvalue weighted by atomic mass is 35.5. The van der Waals surface area contributed by atoms with E-state index in [2.05, 4.69) is 5.43 Å². The Labute approximate surface area is 217 Å². The van der Waals surface area contributed by atoms with Gasteiger partial charge in [0, 0.05) is 10.6 Å². The Kier molecular flexibility index (Phi) is 7.75. The number of halogens is 1. The maximum atomic E-state index is 12.9. The zero-order valence-corrected chi connectivity index (χ0v) is 21.3. The maximum absolute atomic E-state index is 12.9. The van der Waals surface area contributed by atoms with E-state index in [1.165, 1.54) is 5.56 Å². The molecule has 3 aromatic rings. The van der Waals surface area contributed by atoms with Crippen LogP contribution in [-0.2, 0) is 11.4 Å². The highest BCUT2D eigenvalue weighted by Crippen LogP contribution is 2.34. The SMILES string of the molecule is COc1cc(/C=C2\SC(=S)N(NC(=O)c3ccc(Cl)cc3)C2=O)ccc1OCc1ccc(C)cc1. The first-order chi connectivity index (χ1) is 16.8. The molecule has 0 atom stereocenters. The molecule has 0 unspecified atom stereocenters. The van der Waals surface area contributed by atoms with Crippen LogP contribution in [0.5, 0.6) is 11.5 Å². The van der Waals surface area contributed by atoms with Gasteiger partial charge in [0.2, 0.25) is 0 Å². The first kappa shape index (κ1) is 24.8. The zero-order chi connectivity index (χ0) is 24.9. The van der Waals surface area contributed by atoms with Crippen molar-refractivity contribution in [2.24, 2.45) is 0 Å². The van der Waals surface area contributed by atoms with E-state index in [9.17, 15) is 9.59 Å². The van der Waals surface area contributed by atoms with E-state index in [0.29, 0.717) is 33.6 Å². The van der Waals surface area contributed by atoms with Gasteiger partial charge in [-0.25, -0.2) is 0 Å². The smallest absolute Gasteiger partial charge is 0.285 e. The van der Waals surface area contributed by atoms with Crippen molar-refractivity contribution in [1.29, 1.82) is 0 Å². The predicted molar refractivity (Wildman–Crippen MR) is 142 cm³/mol. The van der Waals surface area contributed by atoms with Crippen molar-refractivity contribution in [2.75, 3.05) is 7.11 Å². The fraction of sp³-hybridized carbons (Fsp3) is 0.115. The van der Waals surface area contributed by atoms with E-state index in [4.69, 9.17) is 33.3 Å². The van der Waals surface area contributed by atoms with E-state index < -0.39 is 11.8 Å². The number of hydrogen-bond acceptors (Lipinski definition) is 6. The molecule has 0 saturated carbocycles. The Bertz CT molecular complexity index is 1310. The first-order valence-electron chi connectivity index (χ1n) is 10.5. The van der Waals surface area contributed by atoms with Crippen LogP contribution in [0.3, 0.4) is 0 Å². The number of nitrogens with one attached hydrogen (secondary N) is 1. The van der Waals surface area contributed by atoms with Gasteiger partial charge in [-0.05, 0) is 72.7 Å². The van der Waals surface area contributed by atoms with E-state index in [0.717, 1.165) is 27.9 Å². The number of thioether (sulfide) groups is 1. The molecule has 35 heavy (non-hydrogen) atoms. The van der Waals surface area contributed by atoms with Gasteiger partial charge in [0.05, 0.1) is 12.0 Å². The molecule has 1 aliphatic rings. The number of methoxy groups -OCH3 is 1. The third-order valence-electron chi connectivity index (χ3n) is 5.11. The number of hydrogen-bond donors (Lipinski definition) is 1. The van der Waals surface area contributed by atoms with Crippen molar-refractivity contribution in [3.8, 4) is 11.5 Å². The summed E-state index contributed by atoms with van der Waals surface area (Å²) < 4.78 is 11.6. The molecule has 1 saturated heterocycles. The van der Waals surface area contributed by atoms with Crippen LogP contribution in [0.1, 0.15) is 27.0 Å². The minimum Gasteiger partial charge on any atom is -0.493 e. The van der Waals surface area contributed by atoms with E-state index in [1.54, 1.807) is 49.6 Å². The number of carbonyl (C=O) groups is 2. The molecule has 1 N–H and O–H groups in total. The lowest BCUT2D eigenvalue weighted by molar-refractivity contribution is -0.123. The van der Waals surface area contributed by atoms with Crippen LogP contribution in [0.4, 0.5) is 0 Å². The van der Waals surface area contributed by atoms with E-state index in [1.807, 2.05) is 37.3 Å². The summed E-state index contributed by atoms with van der Waals surface area (Å²) in [5.74, 6) is 0.252. The van der Waals surface area contributed by atoms with Gasteiger partial charge >= 0.3 is 0 Å². The average molecular weight is 525 g/mol. The number of carbonyl (C=O) groups excluding carboxylic acids is 2. The highest BCUT2D eigenvalue weighted by molar-refractivity contribution is 8.26. The quantitative estimate of drug-likeness (QED) is 0.312. The maximum Gasteiger partial charge on any atom is 0.285 e. The summed E-state index contributed by atoms with van der Waals surface area (Å²) in [7, 11) is 1.56. The van der Waals surface area contributed by atoms with Gasteiger partial charge in [-0.15, -0.1) is 0 Å². The topological polar surface area (TPSA) is 67.9 Å². The Balaban J connectivity index is 1.46. The lowest BCUT2D eigenvalue weighted by Gasteiger charge is -2.15. The van der Waals surface area contributed by atoms with Crippen LogP contribution in [-0.4, -0.2) is 28.3 Å². The predicted octanol–water partition coefficient (Wildman–Crippen LogP) is 5.78. The van der Waals surface area contributed by atoms with Crippen molar-refractivity contribution >= 4 is 57.8 Å². The molecular formula is C26H21ClN2O4S2. The standard InChI is InChI=1S/C26H21ClN2O4S2/c1-16-3-5-17(6-4-16)15-33-21-12-7-18(13-22(21)32-2)14-23-25(31)29(26(34)35-23)28-24(30)19-8-10-20(27)11-9-19/h3-14H,15H2,1-2H3,(H,28,30)/b23-14-. The van der Waals surface area contributed by atoms with Gasteiger partial charge in [0.1, 0.15) is 6.61 Å². The molecule has 178 valence electrons. The summed E-state index contributed by atoms with van der Waals surface area (Å²) in [6.07, 6.45) is 1.69. The number of aryl methyl sites for hydroxylation is 1. The molecular weight excluding hydrogens is 504 g/mol. The fourth-order valence-electron chi connectivity index (χ4n) is 3.22. The number of benzene rings is 3. The highest BCUT2D eigenvalue weighted by Gasteiger charge is 2.33. The van der Waals surface area contributed by atoms with Crippen LogP contribution in [0.25, 0.3) is 6.08 Å². The van der Waals surface area contributed by atoms with Crippen LogP contribution in [0, 0.1) is 6.92 Å². The van der Waals surface area contributed by atoms with Gasteiger partial charge in [-0.1, -0.05) is 59.3 Å². The third-order valence-corrected chi connectivity index (χ3v) is 6.67. The number of amides is 2. The summed E-state index contributed by atoms with van der Waals surface area (Å²) in [5, 5.41) is 1.58. The lowest BCUT2D eigenvalue weighted by atomic mass is 10.1. The van der Waals surface area contributed by atoms with Gasteiger partial charge in [-0.2, -0.15) is 5.01 Å². The van der Waals surface area contributed by atoms with Crippen LogP contribution in [0.15, 0.2) is 71.6 Å². The molecule has 2 amide bonds. The number of thiocarbonyl (C=S) groups is 1. The Morgan fingerprint density at radius 1 is 1.09 bits per heavy atom. The minimum absolute atomic E-state index is 0.230. The molecule has 0 radical (unpaired) electrons. The average Bonchev–Trinajstić information content (AvgIpc) is 3.11. The zero-order valence-electron chi connectivity index (χ0n) is 18.9. The fourth-order valence-corrected chi connectivity index (χ4v) is 4.53. The van der Waals surface area contributed by atoms with Gasteiger partial charge in [0.15, 0.2) is 15.8 Å². The second-order valence-electron chi connectivity index (χ2n) is 7.65. The van der Waals surface area contributed by atoms with Crippen LogP contribution >= 0.6 is 35.6 Å². The molecule has 0 aliphatic carbocycles. The normalized spacial score (nSPS) is 14.4. The van der Waals surface area contributed by atoms with E-state index in [-0.39, 0.29) is 4.32 Å². The largest absolute Gasteiger partial charge is 0.493 e. The van der Waals surface area contributed by atoms with Crippen molar-refractivity contribution in [2.45, 2.75) is 13.5 Å². The van der Waals surface area contributed by atoms with Crippen LogP contribution in [0.2, 0.25) is 5.02 Å². The molecule has 1 fully saturated rings. The number of rotatable bonds is 7. The van der Waals surface area contributed by atoms with Crippen molar-refractivity contribution in [3.05, 3.63) is 98.9 Å². The summed E-state index contributed by atoms with van der Waals surface area (Å²) in [6.45, 7) is 2.44. The van der Waals surface area contributed by atoms with Crippen molar-refractivity contribution < 1.29 is 19.1 Å². The molecule has 1 aliphatic heterocycles. The van der Waals surface area contributed by atoms with Crippen molar-refractivity contribution in [1.82, 2.24) is 10.4 Å². The molecule has 4 rings (SSSR count). The first-order valence-corrected chi connectivity index (χ1v) is 12.1.